The minimum absolute atomic E-state index is 0.940. The Morgan fingerprint density at radius 3 is 2.92 bits per heavy atom. The number of hydrogen-bond acceptors (Lipinski definition) is 0. The Labute approximate surface area is 76.1 Å². The molecule has 0 nitrogen and oxygen atoms in total. The summed E-state index contributed by atoms with van der Waals surface area (Å²) in [6.07, 6.45) is 6.82. The lowest BCUT2D eigenvalue weighted by Crippen LogP contribution is -2.09. The minimum Gasteiger partial charge on any atom is -0.0819 e. The van der Waals surface area contributed by atoms with Gasteiger partial charge in [-0.2, -0.15) is 0 Å². The van der Waals surface area contributed by atoms with E-state index in [4.69, 9.17) is 0 Å². The molecule has 0 aliphatic heterocycles. The third kappa shape index (κ3) is 1.12. The Morgan fingerprint density at radius 2 is 2.25 bits per heavy atom. The van der Waals surface area contributed by atoms with Crippen molar-refractivity contribution < 1.29 is 0 Å². The number of allylic oxidation sites excluding steroid dienone is 2. The lowest BCUT2D eigenvalue weighted by Gasteiger charge is -2.16. The highest BCUT2D eigenvalue weighted by Crippen LogP contribution is 2.50. The average Bonchev–Trinajstić information content (AvgIpc) is 2.52. The Hall–Kier alpha value is -0.260. The van der Waals surface area contributed by atoms with Crippen LogP contribution in [0.1, 0.15) is 40.0 Å². The van der Waals surface area contributed by atoms with E-state index in [1.807, 2.05) is 0 Å². The first-order valence-corrected chi connectivity index (χ1v) is 5.39. The number of fused-ring (bicyclic) bond motifs is 1. The second kappa shape index (κ2) is 2.90. The van der Waals surface area contributed by atoms with E-state index in [1.165, 1.54) is 19.3 Å². The van der Waals surface area contributed by atoms with Gasteiger partial charge in [0.2, 0.25) is 0 Å². The zero-order valence-corrected chi connectivity index (χ0v) is 8.51. The fourth-order valence-electron chi connectivity index (χ4n) is 3.37. The molecular weight excluding hydrogens is 144 g/mol. The van der Waals surface area contributed by atoms with E-state index >= 15 is 0 Å². The van der Waals surface area contributed by atoms with Crippen molar-refractivity contribution in [1.82, 2.24) is 0 Å². The van der Waals surface area contributed by atoms with Crippen LogP contribution in [0.25, 0.3) is 0 Å². The van der Waals surface area contributed by atoms with Crippen molar-refractivity contribution in [2.45, 2.75) is 40.0 Å². The highest BCUT2D eigenvalue weighted by Gasteiger charge is 2.41. The molecule has 0 radical (unpaired) electrons. The molecule has 0 spiro atoms. The van der Waals surface area contributed by atoms with Gasteiger partial charge in [-0.3, -0.25) is 0 Å². The van der Waals surface area contributed by atoms with Crippen LogP contribution in [0.5, 0.6) is 0 Å². The minimum atomic E-state index is 0.940. The fourth-order valence-corrected chi connectivity index (χ4v) is 3.37. The summed E-state index contributed by atoms with van der Waals surface area (Å²) < 4.78 is 0. The summed E-state index contributed by atoms with van der Waals surface area (Å²) in [5, 5.41) is 0. The van der Waals surface area contributed by atoms with E-state index in [0.29, 0.717) is 0 Å². The molecule has 68 valence electrons. The Balaban J connectivity index is 2.14. The molecule has 0 amide bonds. The van der Waals surface area contributed by atoms with Crippen molar-refractivity contribution in [3.8, 4) is 0 Å². The van der Waals surface area contributed by atoms with Gasteiger partial charge in [0.05, 0.1) is 0 Å². The van der Waals surface area contributed by atoms with Gasteiger partial charge in [0.1, 0.15) is 0 Å². The van der Waals surface area contributed by atoms with Gasteiger partial charge in [0.15, 0.2) is 0 Å². The molecule has 2 rings (SSSR count). The smallest absolute Gasteiger partial charge is 0.0171 e. The number of rotatable bonds is 1. The van der Waals surface area contributed by atoms with Crippen LogP contribution >= 0.6 is 0 Å². The maximum Gasteiger partial charge on any atom is -0.0171 e. The van der Waals surface area contributed by atoms with Crippen LogP contribution in [0.3, 0.4) is 0 Å². The highest BCUT2D eigenvalue weighted by molar-refractivity contribution is 5.16. The predicted octanol–water partition coefficient (Wildman–Crippen LogP) is 3.63. The largest absolute Gasteiger partial charge is 0.0819 e. The molecular formula is C12H20. The summed E-state index contributed by atoms with van der Waals surface area (Å²) in [6, 6.07) is 0. The Bertz CT molecular complexity index is 202. The van der Waals surface area contributed by atoms with E-state index in [-0.39, 0.29) is 0 Å². The summed E-state index contributed by atoms with van der Waals surface area (Å²) >= 11 is 0. The molecule has 1 fully saturated rings. The van der Waals surface area contributed by atoms with Crippen LogP contribution in [-0.2, 0) is 0 Å². The molecule has 0 aromatic carbocycles. The molecule has 0 saturated heterocycles. The monoisotopic (exact) mass is 164 g/mol. The molecule has 2 aliphatic carbocycles. The van der Waals surface area contributed by atoms with Crippen molar-refractivity contribution in [2.24, 2.45) is 23.7 Å². The van der Waals surface area contributed by atoms with Crippen LogP contribution in [0, 0.1) is 23.7 Å². The first kappa shape index (κ1) is 8.34. The van der Waals surface area contributed by atoms with E-state index in [0.717, 1.165) is 23.7 Å². The standard InChI is InChI=1S/C12H20/c1-4-10-7-9(3)11-5-8(2)6-12(10)11/h5,9-12H,4,6-7H2,1-3H3. The highest BCUT2D eigenvalue weighted by atomic mass is 14.5. The molecule has 4 atom stereocenters. The van der Waals surface area contributed by atoms with Crippen LogP contribution in [-0.4, -0.2) is 0 Å². The van der Waals surface area contributed by atoms with Gasteiger partial charge in [0.25, 0.3) is 0 Å². The van der Waals surface area contributed by atoms with E-state index < -0.39 is 0 Å². The lowest BCUT2D eigenvalue weighted by molar-refractivity contribution is 0.351. The normalized spacial score (nSPS) is 46.1. The molecule has 12 heavy (non-hydrogen) atoms. The fraction of sp³-hybridized carbons (Fsp3) is 0.833. The molecule has 2 aliphatic rings. The maximum atomic E-state index is 2.55. The van der Waals surface area contributed by atoms with Gasteiger partial charge in [-0.15, -0.1) is 0 Å². The molecule has 0 heterocycles. The first-order chi connectivity index (χ1) is 5.72. The van der Waals surface area contributed by atoms with Crippen LogP contribution < -0.4 is 0 Å². The van der Waals surface area contributed by atoms with E-state index in [2.05, 4.69) is 26.8 Å². The van der Waals surface area contributed by atoms with Gasteiger partial charge in [-0.1, -0.05) is 31.9 Å². The van der Waals surface area contributed by atoms with E-state index in [9.17, 15) is 0 Å². The predicted molar refractivity (Wildman–Crippen MR) is 52.9 cm³/mol. The van der Waals surface area contributed by atoms with Crippen LogP contribution in [0.15, 0.2) is 11.6 Å². The second-order valence-electron chi connectivity index (χ2n) is 4.84. The number of hydrogen-bond donors (Lipinski definition) is 0. The average molecular weight is 164 g/mol. The molecule has 0 aromatic rings. The quantitative estimate of drug-likeness (QED) is 0.519. The van der Waals surface area contributed by atoms with Gasteiger partial charge < -0.3 is 0 Å². The maximum absolute atomic E-state index is 2.55. The van der Waals surface area contributed by atoms with Gasteiger partial charge in [-0.05, 0) is 43.4 Å². The van der Waals surface area contributed by atoms with Crippen molar-refractivity contribution in [3.63, 3.8) is 0 Å². The second-order valence-corrected chi connectivity index (χ2v) is 4.84. The van der Waals surface area contributed by atoms with Crippen molar-refractivity contribution in [3.05, 3.63) is 11.6 Å². The molecule has 1 saturated carbocycles. The lowest BCUT2D eigenvalue weighted by atomic mass is 9.88. The van der Waals surface area contributed by atoms with Gasteiger partial charge in [-0.25, -0.2) is 0 Å². The summed E-state index contributed by atoms with van der Waals surface area (Å²) in [7, 11) is 0. The summed E-state index contributed by atoms with van der Waals surface area (Å²) in [6.45, 7) is 7.09. The van der Waals surface area contributed by atoms with Crippen molar-refractivity contribution in [1.29, 1.82) is 0 Å². The molecule has 0 N–H and O–H groups in total. The third-order valence-corrected chi connectivity index (χ3v) is 3.99. The summed E-state index contributed by atoms with van der Waals surface area (Å²) in [4.78, 5) is 0. The van der Waals surface area contributed by atoms with Gasteiger partial charge in [0, 0.05) is 0 Å². The van der Waals surface area contributed by atoms with Crippen molar-refractivity contribution >= 4 is 0 Å². The van der Waals surface area contributed by atoms with Gasteiger partial charge >= 0.3 is 0 Å². The molecule has 0 aromatic heterocycles. The molecule has 0 bridgehead atoms. The summed E-state index contributed by atoms with van der Waals surface area (Å²) in [5.41, 5.74) is 1.65. The molecule has 4 unspecified atom stereocenters. The topological polar surface area (TPSA) is 0 Å². The SMILES string of the molecule is CCC1CC(C)C2C=C(C)CC12. The van der Waals surface area contributed by atoms with Crippen molar-refractivity contribution in [2.75, 3.05) is 0 Å². The third-order valence-electron chi connectivity index (χ3n) is 3.99. The van der Waals surface area contributed by atoms with Crippen LogP contribution in [0.4, 0.5) is 0 Å². The van der Waals surface area contributed by atoms with Crippen LogP contribution in [0.2, 0.25) is 0 Å². The van der Waals surface area contributed by atoms with E-state index in [1.54, 1.807) is 5.57 Å². The molecule has 0 heteroatoms. The Morgan fingerprint density at radius 1 is 1.50 bits per heavy atom. The zero-order valence-electron chi connectivity index (χ0n) is 8.51. The summed E-state index contributed by atoms with van der Waals surface area (Å²) in [5.74, 6) is 3.94. The first-order valence-electron chi connectivity index (χ1n) is 5.39. The Kier molecular flexibility index (Phi) is 2.02. The zero-order chi connectivity index (χ0) is 8.72.